The van der Waals surface area contributed by atoms with Gasteiger partial charge >= 0.3 is 0 Å². The second kappa shape index (κ2) is 1.03. The Morgan fingerprint density at radius 2 is 2.57 bits per heavy atom. The summed E-state index contributed by atoms with van der Waals surface area (Å²) in [5.74, 6) is 0. The predicted octanol–water partition coefficient (Wildman–Crippen LogP) is 1.85. The van der Waals surface area contributed by atoms with E-state index < -0.39 is 0 Å². The molecule has 0 atom stereocenters. The molecule has 7 heavy (non-hydrogen) atoms. The van der Waals surface area contributed by atoms with Gasteiger partial charge in [-0.15, -0.1) is 23.1 Å². The molecule has 2 aliphatic rings. The zero-order valence-electron chi connectivity index (χ0n) is 3.76. The van der Waals surface area contributed by atoms with Crippen molar-refractivity contribution < 1.29 is 0 Å². The maximum Gasteiger partial charge on any atom is 0.145 e. The zero-order valence-corrected chi connectivity index (χ0v) is 5.40. The number of rotatable bonds is 1. The van der Waals surface area contributed by atoms with E-state index in [0.717, 1.165) is 0 Å². The Balaban J connectivity index is 2.44. The largest absolute Gasteiger partial charge is 0.231 e. The van der Waals surface area contributed by atoms with Crippen LogP contribution in [0.1, 0.15) is 0 Å². The van der Waals surface area contributed by atoms with E-state index in [4.69, 9.17) is 0 Å². The summed E-state index contributed by atoms with van der Waals surface area (Å²) in [6.07, 6.45) is 2.08. The highest BCUT2D eigenvalue weighted by Gasteiger charge is 2.26. The van der Waals surface area contributed by atoms with Crippen molar-refractivity contribution in [2.75, 3.05) is 6.26 Å². The van der Waals surface area contributed by atoms with Crippen molar-refractivity contribution in [3.05, 3.63) is 0 Å². The summed E-state index contributed by atoms with van der Waals surface area (Å²) >= 11 is 3.58. The van der Waals surface area contributed by atoms with E-state index in [1.165, 1.54) is 14.9 Å². The van der Waals surface area contributed by atoms with Gasteiger partial charge in [0.1, 0.15) is 10.7 Å². The fourth-order valence-electron chi connectivity index (χ4n) is 0.506. The molecule has 0 fully saturated rings. The van der Waals surface area contributed by atoms with Gasteiger partial charge in [-0.1, -0.05) is 0 Å². The highest BCUT2D eigenvalue weighted by molar-refractivity contribution is 8.01. The lowest BCUT2D eigenvalue weighted by molar-refractivity contribution is 1.67. The molecule has 0 N–H and O–H groups in total. The lowest BCUT2D eigenvalue weighted by atomic mass is 10.7. The van der Waals surface area contributed by atoms with Crippen molar-refractivity contribution in [3.8, 4) is 10.7 Å². The monoisotopic (exact) mass is 129 g/mol. The third-order valence-electron chi connectivity index (χ3n) is 0.934. The fourth-order valence-corrected chi connectivity index (χ4v) is 2.07. The summed E-state index contributed by atoms with van der Waals surface area (Å²) in [7, 11) is 0. The zero-order chi connectivity index (χ0) is 4.85. The number of fused-ring (bicyclic) bond motifs is 1. The summed E-state index contributed by atoms with van der Waals surface area (Å²) in [5.41, 5.74) is 1.28. The number of thioether (sulfide) groups is 1. The summed E-state index contributed by atoms with van der Waals surface area (Å²) in [6, 6.07) is 0. The second-order valence-corrected chi connectivity index (χ2v) is 3.43. The quantitative estimate of drug-likeness (QED) is 0.545. The van der Waals surface area contributed by atoms with Crippen LogP contribution in [-0.2, 0) is 0 Å². The van der Waals surface area contributed by atoms with Gasteiger partial charge in [0.25, 0.3) is 0 Å². The molecule has 0 saturated carbocycles. The first-order valence-electron chi connectivity index (χ1n) is 1.97. The van der Waals surface area contributed by atoms with E-state index in [2.05, 4.69) is 11.2 Å². The summed E-state index contributed by atoms with van der Waals surface area (Å²) in [6.45, 7) is 0. The molecule has 0 aromatic carbocycles. The maximum atomic E-state index is 4.06. The van der Waals surface area contributed by atoms with Crippen LogP contribution >= 0.6 is 23.1 Å². The van der Waals surface area contributed by atoms with Crippen LogP contribution in [0.25, 0.3) is 10.7 Å². The molecule has 2 heterocycles. The van der Waals surface area contributed by atoms with Crippen molar-refractivity contribution in [1.29, 1.82) is 0 Å². The fraction of sp³-hybridized carbons (Fsp3) is 0.250. The molecule has 0 aromatic heterocycles. The minimum Gasteiger partial charge on any atom is -0.231 e. The molecule has 2 rings (SSSR count). The van der Waals surface area contributed by atoms with Gasteiger partial charge in [-0.05, 0) is 6.26 Å². The van der Waals surface area contributed by atoms with Crippen LogP contribution in [-0.4, -0.2) is 11.2 Å². The van der Waals surface area contributed by atoms with Crippen LogP contribution in [0.3, 0.4) is 0 Å². The van der Waals surface area contributed by atoms with E-state index in [9.17, 15) is 0 Å². The van der Waals surface area contributed by atoms with Crippen molar-refractivity contribution in [1.82, 2.24) is 4.98 Å². The molecule has 0 amide bonds. The third-order valence-corrected chi connectivity index (χ3v) is 3.10. The number of nitrogens with zero attached hydrogens (tertiary/aromatic N) is 1. The molecule has 36 valence electrons. The molecule has 0 radical (unpaired) electrons. The first-order valence-corrected chi connectivity index (χ1v) is 4.01. The number of hydrogen-bond donors (Lipinski definition) is 0. The average Bonchev–Trinajstić information content (AvgIpc) is 2.18. The molecule has 0 spiro atoms. The maximum absolute atomic E-state index is 4.06. The predicted molar refractivity (Wildman–Crippen MR) is 32.9 cm³/mol. The van der Waals surface area contributed by atoms with E-state index in [1.807, 2.05) is 0 Å². The van der Waals surface area contributed by atoms with Crippen LogP contribution in [0.4, 0.5) is 0 Å². The van der Waals surface area contributed by atoms with Crippen LogP contribution in [0, 0.1) is 0 Å². The van der Waals surface area contributed by atoms with Crippen LogP contribution in [0.15, 0.2) is 4.21 Å². The number of thiazole rings is 1. The van der Waals surface area contributed by atoms with Crippen LogP contribution in [0.5, 0.6) is 0 Å². The highest BCUT2D eigenvalue weighted by Crippen LogP contribution is 2.48. The molecule has 0 saturated heterocycles. The Morgan fingerprint density at radius 3 is 2.71 bits per heavy atom. The molecule has 0 bridgehead atoms. The van der Waals surface area contributed by atoms with Crippen molar-refractivity contribution >= 4 is 23.1 Å². The van der Waals surface area contributed by atoms with Gasteiger partial charge in [0.05, 0.1) is 4.21 Å². The Hall–Kier alpha value is -0.0200. The minimum atomic E-state index is 1.27. The number of aromatic nitrogens is 1. The second-order valence-electron chi connectivity index (χ2n) is 1.36. The molecule has 0 aromatic rings. The first-order chi connectivity index (χ1) is 3.42. The standard InChI is InChI=1S/C4H3NS2/c1-6-4-2-3(5-2)7-4/h1H3. The number of hydrogen-bond acceptors (Lipinski definition) is 3. The topological polar surface area (TPSA) is 12.9 Å². The van der Waals surface area contributed by atoms with E-state index >= 15 is 0 Å². The third kappa shape index (κ3) is 0.371. The van der Waals surface area contributed by atoms with Gasteiger partial charge in [-0.25, -0.2) is 4.98 Å². The Bertz CT molecular complexity index is 203. The molecule has 0 unspecified atom stereocenters. The summed E-state index contributed by atoms with van der Waals surface area (Å²) < 4.78 is 1.40. The Morgan fingerprint density at radius 1 is 1.71 bits per heavy atom. The molecular weight excluding hydrogens is 126 g/mol. The van der Waals surface area contributed by atoms with Crippen molar-refractivity contribution in [2.24, 2.45) is 0 Å². The summed E-state index contributed by atoms with van der Waals surface area (Å²) in [5, 5.41) is 1.27. The van der Waals surface area contributed by atoms with Gasteiger partial charge < -0.3 is 0 Å². The molecule has 3 heteroatoms. The molecular formula is C4H3NS2. The van der Waals surface area contributed by atoms with Crippen molar-refractivity contribution in [2.45, 2.75) is 4.21 Å². The summed E-state index contributed by atoms with van der Waals surface area (Å²) in [4.78, 5) is 4.06. The molecule has 2 aliphatic heterocycles. The SMILES string of the molecule is CSc1sc2nc1-2. The van der Waals surface area contributed by atoms with Crippen LogP contribution < -0.4 is 0 Å². The van der Waals surface area contributed by atoms with E-state index in [0.29, 0.717) is 0 Å². The highest BCUT2D eigenvalue weighted by atomic mass is 32.2. The Labute approximate surface area is 49.8 Å². The van der Waals surface area contributed by atoms with E-state index in [1.54, 1.807) is 23.1 Å². The first kappa shape index (κ1) is 3.92. The molecule has 1 nitrogen and oxygen atoms in total. The minimum absolute atomic E-state index is 1.27. The average molecular weight is 129 g/mol. The van der Waals surface area contributed by atoms with Gasteiger partial charge in [-0.2, -0.15) is 0 Å². The van der Waals surface area contributed by atoms with E-state index in [-0.39, 0.29) is 0 Å². The Kier molecular flexibility index (Phi) is 0.579. The van der Waals surface area contributed by atoms with Crippen LogP contribution in [0.2, 0.25) is 0 Å². The van der Waals surface area contributed by atoms with Gasteiger partial charge in [0.15, 0.2) is 0 Å². The smallest absolute Gasteiger partial charge is 0.145 e. The molecule has 0 aliphatic carbocycles. The van der Waals surface area contributed by atoms with Gasteiger partial charge in [0, 0.05) is 0 Å². The lowest BCUT2D eigenvalue weighted by Crippen LogP contribution is -1.62. The van der Waals surface area contributed by atoms with Gasteiger partial charge in [-0.3, -0.25) is 0 Å². The van der Waals surface area contributed by atoms with Gasteiger partial charge in [0.2, 0.25) is 0 Å². The lowest BCUT2D eigenvalue weighted by Gasteiger charge is -1.90. The normalized spacial score (nSPS) is 12.1. The van der Waals surface area contributed by atoms with Crippen molar-refractivity contribution in [3.63, 3.8) is 0 Å².